The van der Waals surface area contributed by atoms with Crippen LogP contribution in [0.4, 0.5) is 24.5 Å². The van der Waals surface area contributed by atoms with Crippen LogP contribution in [-0.4, -0.2) is 61.3 Å². The molecule has 0 aliphatic carbocycles. The SMILES string of the molecule is CC(=O)Nc1ccc(OCC(O)CN2CCN(c3cccc(C(F)(F)F)c3)CC2)cc1. The second-order valence-electron chi connectivity index (χ2n) is 7.51. The number of ether oxygens (including phenoxy) is 1. The van der Waals surface area contributed by atoms with Crippen molar-refractivity contribution in [3.8, 4) is 5.75 Å². The van der Waals surface area contributed by atoms with E-state index in [4.69, 9.17) is 4.74 Å². The van der Waals surface area contributed by atoms with E-state index in [1.807, 2.05) is 4.90 Å². The second kappa shape index (κ2) is 10.0. The van der Waals surface area contributed by atoms with Gasteiger partial charge in [0.15, 0.2) is 0 Å². The maximum Gasteiger partial charge on any atom is 0.416 e. The van der Waals surface area contributed by atoms with Gasteiger partial charge in [0.2, 0.25) is 5.91 Å². The first kappa shape index (κ1) is 22.9. The van der Waals surface area contributed by atoms with Crippen molar-refractivity contribution >= 4 is 17.3 Å². The number of aliphatic hydroxyl groups excluding tert-OH is 1. The maximum atomic E-state index is 12.9. The third kappa shape index (κ3) is 6.86. The van der Waals surface area contributed by atoms with Gasteiger partial charge in [0.1, 0.15) is 18.5 Å². The number of carbonyl (C=O) groups is 1. The number of amides is 1. The lowest BCUT2D eigenvalue weighted by Gasteiger charge is -2.37. The van der Waals surface area contributed by atoms with Crippen LogP contribution >= 0.6 is 0 Å². The Morgan fingerprint density at radius 1 is 1.13 bits per heavy atom. The molecule has 168 valence electrons. The molecule has 0 aromatic heterocycles. The Kier molecular flexibility index (Phi) is 7.40. The summed E-state index contributed by atoms with van der Waals surface area (Å²) in [5.41, 5.74) is 0.574. The van der Waals surface area contributed by atoms with Gasteiger partial charge in [-0.25, -0.2) is 0 Å². The number of halogens is 3. The Morgan fingerprint density at radius 2 is 1.81 bits per heavy atom. The fourth-order valence-electron chi connectivity index (χ4n) is 3.45. The van der Waals surface area contributed by atoms with E-state index >= 15 is 0 Å². The van der Waals surface area contributed by atoms with E-state index in [9.17, 15) is 23.1 Å². The van der Waals surface area contributed by atoms with Crippen LogP contribution in [0.3, 0.4) is 0 Å². The number of benzene rings is 2. The molecule has 31 heavy (non-hydrogen) atoms. The van der Waals surface area contributed by atoms with E-state index in [2.05, 4.69) is 10.2 Å². The van der Waals surface area contributed by atoms with Crippen molar-refractivity contribution in [3.63, 3.8) is 0 Å². The molecule has 9 heteroatoms. The highest BCUT2D eigenvalue weighted by atomic mass is 19.4. The number of anilines is 2. The Balaban J connectivity index is 1.43. The quantitative estimate of drug-likeness (QED) is 0.697. The lowest BCUT2D eigenvalue weighted by molar-refractivity contribution is -0.137. The van der Waals surface area contributed by atoms with E-state index in [0.29, 0.717) is 49.8 Å². The number of carbonyl (C=O) groups excluding carboxylic acids is 1. The first-order valence-corrected chi connectivity index (χ1v) is 10.0. The van der Waals surface area contributed by atoms with Crippen molar-refractivity contribution in [2.24, 2.45) is 0 Å². The summed E-state index contributed by atoms with van der Waals surface area (Å²) in [7, 11) is 0. The average Bonchev–Trinajstić information content (AvgIpc) is 2.73. The largest absolute Gasteiger partial charge is 0.491 e. The van der Waals surface area contributed by atoms with Gasteiger partial charge in [-0.3, -0.25) is 9.69 Å². The number of β-amino-alcohol motifs (C(OH)–C–C–N with tert-alkyl or cyclic N) is 1. The van der Waals surface area contributed by atoms with Crippen LogP contribution in [0.5, 0.6) is 5.75 Å². The molecular formula is C22H26F3N3O3. The Bertz CT molecular complexity index is 866. The van der Waals surface area contributed by atoms with Gasteiger partial charge in [0.25, 0.3) is 0 Å². The first-order chi connectivity index (χ1) is 14.7. The summed E-state index contributed by atoms with van der Waals surface area (Å²) in [6, 6.07) is 12.2. The third-order valence-corrected chi connectivity index (χ3v) is 5.00. The van der Waals surface area contributed by atoms with Crippen molar-refractivity contribution in [2.45, 2.75) is 19.2 Å². The lowest BCUT2D eigenvalue weighted by atomic mass is 10.1. The Hall–Kier alpha value is -2.78. The summed E-state index contributed by atoms with van der Waals surface area (Å²) < 4.78 is 44.4. The molecule has 1 amide bonds. The van der Waals surface area contributed by atoms with Crippen molar-refractivity contribution in [3.05, 3.63) is 54.1 Å². The van der Waals surface area contributed by atoms with Crippen LogP contribution in [0.15, 0.2) is 48.5 Å². The van der Waals surface area contributed by atoms with E-state index in [1.54, 1.807) is 30.3 Å². The molecule has 2 N–H and O–H groups in total. The van der Waals surface area contributed by atoms with Crippen LogP contribution < -0.4 is 15.0 Å². The molecule has 2 aromatic rings. The molecule has 0 saturated carbocycles. The molecule has 2 aromatic carbocycles. The molecule has 3 rings (SSSR count). The van der Waals surface area contributed by atoms with Crippen LogP contribution in [0.25, 0.3) is 0 Å². The van der Waals surface area contributed by atoms with Gasteiger partial charge in [-0.1, -0.05) is 6.07 Å². The summed E-state index contributed by atoms with van der Waals surface area (Å²) >= 11 is 0. The van der Waals surface area contributed by atoms with E-state index in [-0.39, 0.29) is 12.5 Å². The number of piperazine rings is 1. The van der Waals surface area contributed by atoms with E-state index < -0.39 is 17.8 Å². The van der Waals surface area contributed by atoms with Crippen LogP contribution in [0, 0.1) is 0 Å². The van der Waals surface area contributed by atoms with Gasteiger partial charge in [-0.15, -0.1) is 0 Å². The third-order valence-electron chi connectivity index (χ3n) is 5.00. The molecule has 1 aliphatic rings. The number of alkyl halides is 3. The molecule has 1 fully saturated rings. The van der Waals surface area contributed by atoms with E-state index in [1.165, 1.54) is 19.1 Å². The number of hydrogen-bond acceptors (Lipinski definition) is 5. The zero-order valence-electron chi connectivity index (χ0n) is 17.2. The predicted octanol–water partition coefficient (Wildman–Crippen LogP) is 3.23. The monoisotopic (exact) mass is 437 g/mol. The summed E-state index contributed by atoms with van der Waals surface area (Å²) in [4.78, 5) is 15.0. The number of nitrogens with one attached hydrogen (secondary N) is 1. The highest BCUT2D eigenvalue weighted by molar-refractivity contribution is 5.88. The van der Waals surface area contributed by atoms with Gasteiger partial charge < -0.3 is 20.1 Å². The molecule has 0 spiro atoms. The highest BCUT2D eigenvalue weighted by Crippen LogP contribution is 2.31. The van der Waals surface area contributed by atoms with Gasteiger partial charge in [0, 0.05) is 51.0 Å². The molecule has 1 aliphatic heterocycles. The van der Waals surface area contributed by atoms with E-state index in [0.717, 1.165) is 6.07 Å². The zero-order valence-corrected chi connectivity index (χ0v) is 17.2. The summed E-state index contributed by atoms with van der Waals surface area (Å²) in [5.74, 6) is 0.430. The maximum absolute atomic E-state index is 12.9. The first-order valence-electron chi connectivity index (χ1n) is 10.0. The van der Waals surface area contributed by atoms with Crippen molar-refractivity contribution in [1.29, 1.82) is 0 Å². The fourth-order valence-corrected chi connectivity index (χ4v) is 3.45. The van der Waals surface area contributed by atoms with Crippen LogP contribution in [-0.2, 0) is 11.0 Å². The smallest absolute Gasteiger partial charge is 0.416 e. The summed E-state index contributed by atoms with van der Waals surface area (Å²) in [6.07, 6.45) is -5.05. The van der Waals surface area contributed by atoms with Crippen molar-refractivity contribution < 1.29 is 27.8 Å². The zero-order chi connectivity index (χ0) is 22.4. The van der Waals surface area contributed by atoms with Crippen molar-refractivity contribution in [2.75, 3.05) is 49.5 Å². The second-order valence-corrected chi connectivity index (χ2v) is 7.51. The minimum Gasteiger partial charge on any atom is -0.491 e. The van der Waals surface area contributed by atoms with Gasteiger partial charge in [-0.05, 0) is 42.5 Å². The minimum absolute atomic E-state index is 0.118. The summed E-state index contributed by atoms with van der Waals surface area (Å²) in [5, 5.41) is 12.9. The Morgan fingerprint density at radius 3 is 2.42 bits per heavy atom. The molecule has 1 atom stereocenters. The Labute approximate surface area is 179 Å². The van der Waals surface area contributed by atoms with Crippen LogP contribution in [0.2, 0.25) is 0 Å². The number of hydrogen-bond donors (Lipinski definition) is 2. The van der Waals surface area contributed by atoms with Gasteiger partial charge in [-0.2, -0.15) is 13.2 Å². The molecular weight excluding hydrogens is 411 g/mol. The molecule has 1 unspecified atom stereocenters. The molecule has 1 heterocycles. The molecule has 0 radical (unpaired) electrons. The predicted molar refractivity (Wildman–Crippen MR) is 112 cm³/mol. The van der Waals surface area contributed by atoms with Gasteiger partial charge in [0.05, 0.1) is 5.56 Å². The molecule has 0 bridgehead atoms. The minimum atomic E-state index is -4.35. The number of rotatable bonds is 7. The van der Waals surface area contributed by atoms with Gasteiger partial charge >= 0.3 is 6.18 Å². The molecule has 6 nitrogen and oxygen atoms in total. The fraction of sp³-hybridized carbons (Fsp3) is 0.409. The van der Waals surface area contributed by atoms with Crippen molar-refractivity contribution in [1.82, 2.24) is 4.90 Å². The standard InChI is InChI=1S/C22H26F3N3O3/c1-16(29)26-18-5-7-21(8-6-18)31-15-20(30)14-27-9-11-28(12-10-27)19-4-2-3-17(13-19)22(23,24)25/h2-8,13,20,30H,9-12,14-15H2,1H3,(H,26,29). The topological polar surface area (TPSA) is 65.0 Å². The molecule has 1 saturated heterocycles. The van der Waals surface area contributed by atoms with Crippen LogP contribution in [0.1, 0.15) is 12.5 Å². The lowest BCUT2D eigenvalue weighted by Crippen LogP contribution is -2.49. The highest BCUT2D eigenvalue weighted by Gasteiger charge is 2.31. The summed E-state index contributed by atoms with van der Waals surface area (Å²) in [6.45, 7) is 4.41. The average molecular weight is 437 g/mol. The normalized spacial score (nSPS) is 16.1. The number of nitrogens with zero attached hydrogens (tertiary/aromatic N) is 2. The number of aliphatic hydroxyl groups is 1.